The summed E-state index contributed by atoms with van der Waals surface area (Å²) < 4.78 is 0.995. The fourth-order valence-electron chi connectivity index (χ4n) is 2.30. The molecule has 2 aromatic carbocycles. The molecule has 0 amide bonds. The first-order valence-corrected chi connectivity index (χ1v) is 7.93. The number of benzene rings is 2. The molecule has 0 aliphatic heterocycles. The summed E-state index contributed by atoms with van der Waals surface area (Å²) in [6, 6.07) is 12.2. The van der Waals surface area contributed by atoms with Gasteiger partial charge in [0.05, 0.1) is 0 Å². The highest BCUT2D eigenvalue weighted by atomic mass is 79.9. The first-order chi connectivity index (χ1) is 9.51. The van der Waals surface area contributed by atoms with Crippen LogP contribution < -0.4 is 5.32 Å². The molecule has 0 fully saturated rings. The summed E-state index contributed by atoms with van der Waals surface area (Å²) in [7, 11) is 1.96. The maximum Gasteiger partial charge on any atom is 0.0449 e. The van der Waals surface area contributed by atoms with Crippen LogP contribution in [0.3, 0.4) is 0 Å². The Kier molecular flexibility index (Phi) is 5.50. The van der Waals surface area contributed by atoms with Crippen molar-refractivity contribution in [3.63, 3.8) is 0 Å². The van der Waals surface area contributed by atoms with E-state index in [2.05, 4.69) is 40.3 Å². The zero-order valence-corrected chi connectivity index (χ0v) is 14.5. The van der Waals surface area contributed by atoms with E-state index in [-0.39, 0.29) is 6.04 Å². The van der Waals surface area contributed by atoms with Crippen molar-refractivity contribution < 1.29 is 0 Å². The number of hydrogen-bond donors (Lipinski definition) is 1. The number of halogens is 3. The van der Waals surface area contributed by atoms with E-state index in [9.17, 15) is 0 Å². The van der Waals surface area contributed by atoms with Gasteiger partial charge in [0.2, 0.25) is 0 Å². The topological polar surface area (TPSA) is 12.0 Å². The predicted octanol–water partition coefficient (Wildman–Crippen LogP) is 5.57. The van der Waals surface area contributed by atoms with Gasteiger partial charge in [-0.25, -0.2) is 0 Å². The van der Waals surface area contributed by atoms with Crippen LogP contribution in [0.4, 0.5) is 0 Å². The quantitative estimate of drug-likeness (QED) is 0.739. The highest BCUT2D eigenvalue weighted by Crippen LogP contribution is 2.28. The summed E-state index contributed by atoms with van der Waals surface area (Å²) >= 11 is 15.8. The molecule has 0 saturated carbocycles. The van der Waals surface area contributed by atoms with Crippen molar-refractivity contribution in [2.24, 2.45) is 0 Å². The Morgan fingerprint density at radius 3 is 2.50 bits per heavy atom. The average molecular weight is 373 g/mol. The van der Waals surface area contributed by atoms with E-state index in [1.807, 2.05) is 31.3 Å². The lowest BCUT2D eigenvalue weighted by Crippen LogP contribution is -2.20. The molecule has 0 radical (unpaired) electrons. The van der Waals surface area contributed by atoms with Gasteiger partial charge in [-0.05, 0) is 61.3 Å². The van der Waals surface area contributed by atoms with E-state index < -0.39 is 0 Å². The second kappa shape index (κ2) is 6.95. The van der Waals surface area contributed by atoms with E-state index in [0.29, 0.717) is 0 Å². The number of nitrogens with one attached hydrogen (secondary N) is 1. The van der Waals surface area contributed by atoms with Crippen molar-refractivity contribution in [2.45, 2.75) is 19.4 Å². The van der Waals surface area contributed by atoms with E-state index in [4.69, 9.17) is 23.2 Å². The SMILES string of the molecule is CNC(Cc1ccc(Br)cc1Cl)c1ccc(Cl)cc1C. The number of hydrogen-bond acceptors (Lipinski definition) is 1. The zero-order valence-electron chi connectivity index (χ0n) is 11.4. The van der Waals surface area contributed by atoms with E-state index in [0.717, 1.165) is 26.5 Å². The van der Waals surface area contributed by atoms with Crippen LogP contribution in [0.1, 0.15) is 22.7 Å². The summed E-state index contributed by atoms with van der Waals surface area (Å²) in [5, 5.41) is 4.91. The average Bonchev–Trinajstić information content (AvgIpc) is 2.39. The zero-order chi connectivity index (χ0) is 14.7. The molecular weight excluding hydrogens is 357 g/mol. The van der Waals surface area contributed by atoms with Crippen LogP contribution in [-0.2, 0) is 6.42 Å². The molecule has 20 heavy (non-hydrogen) atoms. The molecule has 0 aliphatic carbocycles. The minimum Gasteiger partial charge on any atom is -0.313 e. The van der Waals surface area contributed by atoms with Gasteiger partial charge in [-0.3, -0.25) is 0 Å². The monoisotopic (exact) mass is 371 g/mol. The van der Waals surface area contributed by atoms with Gasteiger partial charge in [0, 0.05) is 20.6 Å². The third-order valence-electron chi connectivity index (χ3n) is 3.39. The summed E-state index contributed by atoms with van der Waals surface area (Å²) in [6.07, 6.45) is 0.838. The lowest BCUT2D eigenvalue weighted by molar-refractivity contribution is 0.589. The number of aryl methyl sites for hydroxylation is 1. The largest absolute Gasteiger partial charge is 0.313 e. The third-order valence-corrected chi connectivity index (χ3v) is 4.48. The van der Waals surface area contributed by atoms with Crippen molar-refractivity contribution in [1.82, 2.24) is 5.32 Å². The van der Waals surface area contributed by atoms with Gasteiger partial charge in [0.15, 0.2) is 0 Å². The molecule has 1 nitrogen and oxygen atoms in total. The Morgan fingerprint density at radius 1 is 1.15 bits per heavy atom. The van der Waals surface area contributed by atoms with E-state index in [1.54, 1.807) is 0 Å². The smallest absolute Gasteiger partial charge is 0.0449 e. The highest BCUT2D eigenvalue weighted by Gasteiger charge is 2.14. The summed E-state index contributed by atoms with van der Waals surface area (Å²) in [5.74, 6) is 0. The number of rotatable bonds is 4. The van der Waals surface area contributed by atoms with E-state index in [1.165, 1.54) is 11.1 Å². The Balaban J connectivity index is 2.28. The minimum atomic E-state index is 0.214. The Morgan fingerprint density at radius 2 is 1.90 bits per heavy atom. The number of likely N-dealkylation sites (N-methyl/N-ethyl adjacent to an activating group) is 1. The van der Waals surface area contributed by atoms with Crippen LogP contribution in [0.2, 0.25) is 10.0 Å². The van der Waals surface area contributed by atoms with Crippen LogP contribution in [0, 0.1) is 6.92 Å². The molecule has 4 heteroatoms. The van der Waals surface area contributed by atoms with Crippen molar-refractivity contribution in [3.8, 4) is 0 Å². The first-order valence-electron chi connectivity index (χ1n) is 6.38. The molecule has 2 aromatic rings. The van der Waals surface area contributed by atoms with Crippen LogP contribution >= 0.6 is 39.1 Å². The molecule has 1 unspecified atom stereocenters. The van der Waals surface area contributed by atoms with Crippen molar-refractivity contribution >= 4 is 39.1 Å². The third kappa shape index (κ3) is 3.76. The van der Waals surface area contributed by atoms with Crippen LogP contribution in [0.25, 0.3) is 0 Å². The molecule has 0 saturated heterocycles. The van der Waals surface area contributed by atoms with Gasteiger partial charge in [-0.1, -0.05) is 51.3 Å². The standard InChI is InChI=1S/C16H16BrCl2N/c1-10-7-13(18)5-6-14(10)16(20-2)8-11-3-4-12(17)9-15(11)19/h3-7,9,16,20H,8H2,1-2H3. The van der Waals surface area contributed by atoms with Gasteiger partial charge in [-0.15, -0.1) is 0 Å². The maximum atomic E-state index is 6.30. The van der Waals surface area contributed by atoms with Gasteiger partial charge in [0.25, 0.3) is 0 Å². The second-order valence-electron chi connectivity index (χ2n) is 4.78. The lowest BCUT2D eigenvalue weighted by Gasteiger charge is -2.20. The Bertz CT molecular complexity index is 613. The molecule has 1 N–H and O–H groups in total. The minimum absolute atomic E-state index is 0.214. The molecule has 0 bridgehead atoms. The van der Waals surface area contributed by atoms with Gasteiger partial charge in [-0.2, -0.15) is 0 Å². The van der Waals surface area contributed by atoms with Gasteiger partial charge >= 0.3 is 0 Å². The molecule has 0 heterocycles. The van der Waals surface area contributed by atoms with Crippen LogP contribution in [0.15, 0.2) is 40.9 Å². The summed E-state index contributed by atoms with van der Waals surface area (Å²) in [5.41, 5.74) is 3.56. The van der Waals surface area contributed by atoms with Crippen molar-refractivity contribution in [1.29, 1.82) is 0 Å². The predicted molar refractivity (Wildman–Crippen MR) is 90.8 cm³/mol. The molecule has 0 spiro atoms. The molecular formula is C16H16BrCl2N. The normalized spacial score (nSPS) is 12.4. The maximum absolute atomic E-state index is 6.30. The molecule has 0 aliphatic rings. The van der Waals surface area contributed by atoms with Crippen LogP contribution in [0.5, 0.6) is 0 Å². The summed E-state index contributed by atoms with van der Waals surface area (Å²) in [4.78, 5) is 0. The van der Waals surface area contributed by atoms with Gasteiger partial charge < -0.3 is 5.32 Å². The van der Waals surface area contributed by atoms with Crippen molar-refractivity contribution in [2.75, 3.05) is 7.05 Å². The van der Waals surface area contributed by atoms with E-state index >= 15 is 0 Å². The molecule has 1 atom stereocenters. The van der Waals surface area contributed by atoms with Crippen molar-refractivity contribution in [3.05, 3.63) is 67.6 Å². The lowest BCUT2D eigenvalue weighted by atomic mass is 9.95. The Labute approximate surface area is 138 Å². The molecule has 106 valence electrons. The first kappa shape index (κ1) is 15.8. The summed E-state index contributed by atoms with van der Waals surface area (Å²) in [6.45, 7) is 2.08. The molecule has 0 aromatic heterocycles. The van der Waals surface area contributed by atoms with Crippen LogP contribution in [-0.4, -0.2) is 7.05 Å². The Hall–Kier alpha value is -0.540. The van der Waals surface area contributed by atoms with Gasteiger partial charge in [0.1, 0.15) is 0 Å². The fraction of sp³-hybridized carbons (Fsp3) is 0.250. The fourth-order valence-corrected chi connectivity index (χ4v) is 3.28. The highest BCUT2D eigenvalue weighted by molar-refractivity contribution is 9.10. The molecule has 2 rings (SSSR count). The second-order valence-corrected chi connectivity index (χ2v) is 6.54.